The van der Waals surface area contributed by atoms with E-state index in [9.17, 15) is 0 Å². The summed E-state index contributed by atoms with van der Waals surface area (Å²) in [6, 6.07) is 0. The molecule has 0 amide bonds. The monoisotopic (exact) mass is 198 g/mol. The highest BCUT2D eigenvalue weighted by molar-refractivity contribution is 4.95. The molecule has 0 aromatic rings. The number of ether oxygens (including phenoxy) is 1. The Balaban J connectivity index is 2.01. The van der Waals surface area contributed by atoms with E-state index in [-0.39, 0.29) is 11.3 Å². The topological polar surface area (TPSA) is 33.3 Å². The van der Waals surface area contributed by atoms with Crippen LogP contribution in [0.25, 0.3) is 0 Å². The second kappa shape index (κ2) is 3.47. The average molecular weight is 198 g/mol. The van der Waals surface area contributed by atoms with Crippen LogP contribution in [0.1, 0.15) is 33.6 Å². The highest BCUT2D eigenvalue weighted by Gasteiger charge is 2.45. The van der Waals surface area contributed by atoms with Crippen molar-refractivity contribution >= 4 is 0 Å². The molecular formula is C11H22N2O. The summed E-state index contributed by atoms with van der Waals surface area (Å²) in [5.74, 6) is 0.609. The number of hydrogen-bond acceptors (Lipinski definition) is 3. The third-order valence-corrected chi connectivity index (χ3v) is 3.43. The zero-order valence-electron chi connectivity index (χ0n) is 9.52. The Labute approximate surface area is 86.6 Å². The van der Waals surface area contributed by atoms with Gasteiger partial charge in [-0.2, -0.15) is 0 Å². The molecule has 0 aliphatic carbocycles. The van der Waals surface area contributed by atoms with Gasteiger partial charge in [0, 0.05) is 19.0 Å². The average Bonchev–Trinajstić information content (AvgIpc) is 2.44. The molecule has 2 aliphatic heterocycles. The number of rotatable bonds is 1. The summed E-state index contributed by atoms with van der Waals surface area (Å²) in [5, 5.41) is 6.98. The molecule has 2 aliphatic rings. The largest absolute Gasteiger partial charge is 0.353 e. The lowest BCUT2D eigenvalue weighted by atomic mass is 9.90. The van der Waals surface area contributed by atoms with Gasteiger partial charge in [-0.25, -0.2) is 0 Å². The number of piperidine rings is 1. The molecule has 0 aromatic heterocycles. The second-order valence-corrected chi connectivity index (χ2v) is 5.37. The molecule has 0 saturated carbocycles. The van der Waals surface area contributed by atoms with Crippen LogP contribution in [0, 0.1) is 5.92 Å². The van der Waals surface area contributed by atoms with Gasteiger partial charge in [-0.05, 0) is 40.2 Å². The molecule has 2 N–H and O–H groups in total. The lowest BCUT2D eigenvalue weighted by molar-refractivity contribution is -0.116. The zero-order valence-corrected chi connectivity index (χ0v) is 9.52. The molecule has 0 radical (unpaired) electrons. The maximum atomic E-state index is 6.12. The Kier molecular flexibility index (Phi) is 2.58. The molecule has 3 heteroatoms. The third-order valence-electron chi connectivity index (χ3n) is 3.43. The first-order valence-electron chi connectivity index (χ1n) is 5.68. The molecule has 2 saturated heterocycles. The van der Waals surface area contributed by atoms with Crippen LogP contribution in [0.4, 0.5) is 0 Å². The molecule has 2 fully saturated rings. The maximum Gasteiger partial charge on any atom is 0.121 e. The number of nitrogens with one attached hydrogen (secondary N) is 2. The molecule has 14 heavy (non-hydrogen) atoms. The molecule has 2 rings (SSSR count). The van der Waals surface area contributed by atoms with E-state index in [1.54, 1.807) is 0 Å². The summed E-state index contributed by atoms with van der Waals surface area (Å²) >= 11 is 0. The Morgan fingerprint density at radius 3 is 2.57 bits per heavy atom. The van der Waals surface area contributed by atoms with Crippen LogP contribution in [-0.2, 0) is 4.74 Å². The van der Waals surface area contributed by atoms with E-state index >= 15 is 0 Å². The van der Waals surface area contributed by atoms with Gasteiger partial charge in [0.15, 0.2) is 0 Å². The molecule has 0 bridgehead atoms. The van der Waals surface area contributed by atoms with Crippen molar-refractivity contribution in [3.63, 3.8) is 0 Å². The summed E-state index contributed by atoms with van der Waals surface area (Å²) in [4.78, 5) is 0. The predicted octanol–water partition coefficient (Wildman–Crippen LogP) is 1.10. The Hall–Kier alpha value is -0.120. The molecular weight excluding hydrogens is 176 g/mol. The van der Waals surface area contributed by atoms with Crippen LogP contribution in [0.5, 0.6) is 0 Å². The molecule has 82 valence electrons. The molecule has 3 nitrogen and oxygen atoms in total. The molecule has 2 unspecified atom stereocenters. The lowest BCUT2D eigenvalue weighted by Gasteiger charge is -2.37. The van der Waals surface area contributed by atoms with Gasteiger partial charge in [0.2, 0.25) is 0 Å². The Bertz CT molecular complexity index is 211. The van der Waals surface area contributed by atoms with Crippen molar-refractivity contribution in [3.05, 3.63) is 0 Å². The van der Waals surface area contributed by atoms with Crippen molar-refractivity contribution in [1.29, 1.82) is 0 Å². The normalized spacial score (nSPS) is 42.6. The molecule has 0 aromatic carbocycles. The van der Waals surface area contributed by atoms with Crippen molar-refractivity contribution in [3.8, 4) is 0 Å². The zero-order chi connectivity index (χ0) is 10.2. The van der Waals surface area contributed by atoms with Crippen molar-refractivity contribution in [2.24, 2.45) is 5.92 Å². The van der Waals surface area contributed by atoms with Gasteiger partial charge in [-0.3, -0.25) is 5.32 Å². The van der Waals surface area contributed by atoms with Crippen molar-refractivity contribution < 1.29 is 4.74 Å². The minimum atomic E-state index is -0.114. The minimum Gasteiger partial charge on any atom is -0.353 e. The first-order chi connectivity index (χ1) is 6.52. The van der Waals surface area contributed by atoms with E-state index < -0.39 is 0 Å². The Morgan fingerprint density at radius 1 is 1.29 bits per heavy atom. The van der Waals surface area contributed by atoms with Gasteiger partial charge in [0.25, 0.3) is 0 Å². The minimum absolute atomic E-state index is 0.00774. The quantitative estimate of drug-likeness (QED) is 0.662. The van der Waals surface area contributed by atoms with E-state index in [0.717, 1.165) is 19.6 Å². The summed E-state index contributed by atoms with van der Waals surface area (Å²) in [6.07, 6.45) is 2.54. The summed E-state index contributed by atoms with van der Waals surface area (Å²) in [6.45, 7) is 9.71. The first kappa shape index (κ1) is 10.4. The molecule has 2 heterocycles. The predicted molar refractivity (Wildman–Crippen MR) is 57.2 cm³/mol. The van der Waals surface area contributed by atoms with Crippen molar-refractivity contribution in [2.75, 3.05) is 19.6 Å². The Morgan fingerprint density at radius 2 is 2.07 bits per heavy atom. The molecule has 0 spiro atoms. The maximum absolute atomic E-state index is 6.12. The SMILES string of the molecule is CC1(C)CNC(C)(C2CCCNC2)O1. The lowest BCUT2D eigenvalue weighted by Crippen LogP contribution is -2.51. The fourth-order valence-corrected chi connectivity index (χ4v) is 2.58. The van der Waals surface area contributed by atoms with Gasteiger partial charge in [-0.1, -0.05) is 0 Å². The van der Waals surface area contributed by atoms with Gasteiger partial charge >= 0.3 is 0 Å². The van der Waals surface area contributed by atoms with Crippen molar-refractivity contribution in [1.82, 2.24) is 10.6 Å². The van der Waals surface area contributed by atoms with Crippen LogP contribution in [0.15, 0.2) is 0 Å². The highest BCUT2D eigenvalue weighted by Crippen LogP contribution is 2.34. The van der Waals surface area contributed by atoms with E-state index in [4.69, 9.17) is 4.74 Å². The third kappa shape index (κ3) is 1.95. The van der Waals surface area contributed by atoms with E-state index in [2.05, 4.69) is 31.4 Å². The standard InChI is InChI=1S/C11H22N2O/c1-10(2)8-13-11(3,14-10)9-5-4-6-12-7-9/h9,12-13H,4-8H2,1-3H3. The summed E-state index contributed by atoms with van der Waals surface area (Å²) in [5.41, 5.74) is -0.122. The number of hydrogen-bond donors (Lipinski definition) is 2. The van der Waals surface area contributed by atoms with Gasteiger partial charge in [-0.15, -0.1) is 0 Å². The van der Waals surface area contributed by atoms with Crippen LogP contribution in [0.3, 0.4) is 0 Å². The van der Waals surface area contributed by atoms with Gasteiger partial charge < -0.3 is 10.1 Å². The fourth-order valence-electron chi connectivity index (χ4n) is 2.58. The van der Waals surface area contributed by atoms with Crippen LogP contribution >= 0.6 is 0 Å². The van der Waals surface area contributed by atoms with E-state index in [0.29, 0.717) is 5.92 Å². The van der Waals surface area contributed by atoms with Crippen molar-refractivity contribution in [2.45, 2.75) is 44.9 Å². The second-order valence-electron chi connectivity index (χ2n) is 5.37. The van der Waals surface area contributed by atoms with E-state index in [1.165, 1.54) is 12.8 Å². The summed E-state index contributed by atoms with van der Waals surface area (Å²) < 4.78 is 6.12. The smallest absolute Gasteiger partial charge is 0.121 e. The highest BCUT2D eigenvalue weighted by atomic mass is 16.5. The van der Waals surface area contributed by atoms with Crippen LogP contribution in [0.2, 0.25) is 0 Å². The molecule has 2 atom stereocenters. The summed E-state index contributed by atoms with van der Waals surface area (Å²) in [7, 11) is 0. The van der Waals surface area contributed by atoms with Gasteiger partial charge in [0.05, 0.1) is 5.60 Å². The van der Waals surface area contributed by atoms with Crippen LogP contribution < -0.4 is 10.6 Å². The van der Waals surface area contributed by atoms with E-state index in [1.807, 2.05) is 0 Å². The van der Waals surface area contributed by atoms with Gasteiger partial charge in [0.1, 0.15) is 5.72 Å². The fraction of sp³-hybridized carbons (Fsp3) is 1.00. The van der Waals surface area contributed by atoms with Crippen LogP contribution in [-0.4, -0.2) is 31.0 Å². The first-order valence-corrected chi connectivity index (χ1v) is 5.68.